The summed E-state index contributed by atoms with van der Waals surface area (Å²) in [6.45, 7) is 3.47. The summed E-state index contributed by atoms with van der Waals surface area (Å²) >= 11 is 0. The molecule has 1 heterocycles. The van der Waals surface area contributed by atoms with Gasteiger partial charge in [0, 0.05) is 37.8 Å². The molecule has 0 bridgehead atoms. The molecule has 1 aliphatic rings. The number of halogens is 1. The van der Waals surface area contributed by atoms with Crippen LogP contribution >= 0.6 is 0 Å². The lowest BCUT2D eigenvalue weighted by atomic mass is 10.2. The predicted octanol–water partition coefficient (Wildman–Crippen LogP) is 0.459. The standard InChI is InChI=1S/C13H18FN3O/c1-17-7-6-15-12(9-17)8-16-13(18)10-2-4-11(14)5-3-10/h2-5,12,15H,6-9H2,1H3,(H,16,18). The predicted molar refractivity (Wildman–Crippen MR) is 68.0 cm³/mol. The highest BCUT2D eigenvalue weighted by Crippen LogP contribution is 2.02. The smallest absolute Gasteiger partial charge is 0.251 e. The summed E-state index contributed by atoms with van der Waals surface area (Å²) in [7, 11) is 2.07. The first kappa shape index (κ1) is 13.0. The topological polar surface area (TPSA) is 44.4 Å². The van der Waals surface area contributed by atoms with Crippen LogP contribution in [-0.4, -0.2) is 50.1 Å². The van der Waals surface area contributed by atoms with Crippen molar-refractivity contribution in [2.75, 3.05) is 33.2 Å². The third-order valence-corrected chi connectivity index (χ3v) is 3.07. The fourth-order valence-electron chi connectivity index (χ4n) is 2.05. The van der Waals surface area contributed by atoms with E-state index in [1.165, 1.54) is 24.3 Å². The van der Waals surface area contributed by atoms with Crippen molar-refractivity contribution in [2.45, 2.75) is 6.04 Å². The molecule has 0 radical (unpaired) electrons. The zero-order valence-corrected chi connectivity index (χ0v) is 10.4. The van der Waals surface area contributed by atoms with Crippen molar-refractivity contribution in [1.29, 1.82) is 0 Å². The van der Waals surface area contributed by atoms with Crippen LogP contribution < -0.4 is 10.6 Å². The molecule has 0 saturated carbocycles. The first-order valence-corrected chi connectivity index (χ1v) is 6.11. The molecule has 4 nitrogen and oxygen atoms in total. The second kappa shape index (κ2) is 5.93. The van der Waals surface area contributed by atoms with Gasteiger partial charge < -0.3 is 15.5 Å². The second-order valence-electron chi connectivity index (χ2n) is 4.63. The van der Waals surface area contributed by atoms with Gasteiger partial charge in [0.05, 0.1) is 0 Å². The van der Waals surface area contributed by atoms with Gasteiger partial charge >= 0.3 is 0 Å². The first-order chi connectivity index (χ1) is 8.65. The van der Waals surface area contributed by atoms with E-state index >= 15 is 0 Å². The number of hydrogen-bond donors (Lipinski definition) is 2. The zero-order chi connectivity index (χ0) is 13.0. The monoisotopic (exact) mass is 251 g/mol. The molecular formula is C13H18FN3O. The number of nitrogens with one attached hydrogen (secondary N) is 2. The molecule has 98 valence electrons. The molecule has 0 aliphatic carbocycles. The van der Waals surface area contributed by atoms with Crippen molar-refractivity contribution >= 4 is 5.91 Å². The van der Waals surface area contributed by atoms with Crippen LogP contribution in [0.5, 0.6) is 0 Å². The van der Waals surface area contributed by atoms with Crippen molar-refractivity contribution < 1.29 is 9.18 Å². The van der Waals surface area contributed by atoms with Gasteiger partial charge in [-0.15, -0.1) is 0 Å². The van der Waals surface area contributed by atoms with E-state index in [0.717, 1.165) is 19.6 Å². The van der Waals surface area contributed by atoms with Gasteiger partial charge in [-0.25, -0.2) is 4.39 Å². The number of hydrogen-bond acceptors (Lipinski definition) is 3. The molecule has 1 aromatic carbocycles. The molecule has 1 fully saturated rings. The third-order valence-electron chi connectivity index (χ3n) is 3.07. The van der Waals surface area contributed by atoms with E-state index in [-0.39, 0.29) is 17.8 Å². The Morgan fingerprint density at radius 1 is 1.50 bits per heavy atom. The van der Waals surface area contributed by atoms with Crippen LogP contribution in [-0.2, 0) is 0 Å². The Morgan fingerprint density at radius 3 is 2.89 bits per heavy atom. The average Bonchev–Trinajstić information content (AvgIpc) is 2.37. The number of piperazine rings is 1. The molecule has 0 aromatic heterocycles. The molecule has 2 N–H and O–H groups in total. The highest BCUT2D eigenvalue weighted by Gasteiger charge is 2.17. The minimum atomic E-state index is -0.331. The molecule has 1 unspecified atom stereocenters. The van der Waals surface area contributed by atoms with Crippen LogP contribution in [0.25, 0.3) is 0 Å². The Morgan fingerprint density at radius 2 is 2.22 bits per heavy atom. The lowest BCUT2D eigenvalue weighted by molar-refractivity contribution is 0.0944. The number of rotatable bonds is 3. The van der Waals surface area contributed by atoms with Crippen molar-refractivity contribution in [1.82, 2.24) is 15.5 Å². The summed E-state index contributed by atoms with van der Waals surface area (Å²) in [5.41, 5.74) is 0.487. The van der Waals surface area contributed by atoms with Gasteiger partial charge in [-0.1, -0.05) is 0 Å². The summed E-state index contributed by atoms with van der Waals surface area (Å²) in [5.74, 6) is -0.493. The summed E-state index contributed by atoms with van der Waals surface area (Å²) in [4.78, 5) is 14.0. The van der Waals surface area contributed by atoms with Gasteiger partial charge in [-0.05, 0) is 31.3 Å². The van der Waals surface area contributed by atoms with Gasteiger partial charge in [0.1, 0.15) is 5.82 Å². The van der Waals surface area contributed by atoms with Crippen LogP contribution in [0.4, 0.5) is 4.39 Å². The minimum Gasteiger partial charge on any atom is -0.350 e. The fraction of sp³-hybridized carbons (Fsp3) is 0.462. The van der Waals surface area contributed by atoms with E-state index < -0.39 is 0 Å². The Hall–Kier alpha value is -1.46. The van der Waals surface area contributed by atoms with Gasteiger partial charge in [0.25, 0.3) is 5.91 Å². The Kier molecular flexibility index (Phi) is 4.28. The molecule has 0 spiro atoms. The molecule has 18 heavy (non-hydrogen) atoms. The largest absolute Gasteiger partial charge is 0.350 e. The van der Waals surface area contributed by atoms with Crippen molar-refractivity contribution in [3.8, 4) is 0 Å². The van der Waals surface area contributed by atoms with E-state index in [1.807, 2.05) is 0 Å². The summed E-state index contributed by atoms with van der Waals surface area (Å²) in [6, 6.07) is 5.84. The Balaban J connectivity index is 1.82. The maximum atomic E-state index is 12.7. The van der Waals surface area contributed by atoms with Gasteiger partial charge in [0.2, 0.25) is 0 Å². The molecule has 1 aromatic rings. The molecule has 1 amide bonds. The summed E-state index contributed by atoms with van der Waals surface area (Å²) < 4.78 is 12.7. The molecule has 1 aliphatic heterocycles. The number of likely N-dealkylation sites (N-methyl/N-ethyl adjacent to an activating group) is 1. The lowest BCUT2D eigenvalue weighted by Crippen LogP contribution is -2.53. The van der Waals surface area contributed by atoms with Gasteiger partial charge in [0.15, 0.2) is 0 Å². The average molecular weight is 251 g/mol. The highest BCUT2D eigenvalue weighted by molar-refractivity contribution is 5.94. The quantitative estimate of drug-likeness (QED) is 0.820. The number of amides is 1. The van der Waals surface area contributed by atoms with E-state index in [9.17, 15) is 9.18 Å². The Bertz CT molecular complexity index is 407. The SMILES string of the molecule is CN1CCNC(CNC(=O)c2ccc(F)cc2)C1. The van der Waals surface area contributed by atoms with Crippen LogP contribution in [0.15, 0.2) is 24.3 Å². The number of nitrogens with zero attached hydrogens (tertiary/aromatic N) is 1. The maximum absolute atomic E-state index is 12.7. The maximum Gasteiger partial charge on any atom is 0.251 e. The summed E-state index contributed by atoms with van der Waals surface area (Å²) in [6.07, 6.45) is 0. The molecular weight excluding hydrogens is 233 g/mol. The number of carbonyl (C=O) groups is 1. The molecule has 5 heteroatoms. The van der Waals surface area contributed by atoms with E-state index in [0.29, 0.717) is 12.1 Å². The van der Waals surface area contributed by atoms with E-state index in [1.54, 1.807) is 0 Å². The van der Waals surface area contributed by atoms with E-state index in [2.05, 4.69) is 22.6 Å². The molecule has 1 atom stereocenters. The highest BCUT2D eigenvalue weighted by atomic mass is 19.1. The first-order valence-electron chi connectivity index (χ1n) is 6.11. The lowest BCUT2D eigenvalue weighted by Gasteiger charge is -2.30. The fourth-order valence-corrected chi connectivity index (χ4v) is 2.05. The zero-order valence-electron chi connectivity index (χ0n) is 10.4. The molecule has 2 rings (SSSR count). The number of carbonyl (C=O) groups excluding carboxylic acids is 1. The van der Waals surface area contributed by atoms with Gasteiger partial charge in [-0.3, -0.25) is 4.79 Å². The van der Waals surface area contributed by atoms with Crippen molar-refractivity contribution in [2.24, 2.45) is 0 Å². The normalized spacial score (nSPS) is 20.7. The Labute approximate surface area is 106 Å². The van der Waals surface area contributed by atoms with Crippen molar-refractivity contribution in [3.05, 3.63) is 35.6 Å². The van der Waals surface area contributed by atoms with Crippen molar-refractivity contribution in [3.63, 3.8) is 0 Å². The van der Waals surface area contributed by atoms with Gasteiger partial charge in [-0.2, -0.15) is 0 Å². The van der Waals surface area contributed by atoms with E-state index in [4.69, 9.17) is 0 Å². The van der Waals surface area contributed by atoms with Crippen LogP contribution in [0.3, 0.4) is 0 Å². The van der Waals surface area contributed by atoms with Crippen LogP contribution in [0, 0.1) is 5.82 Å². The molecule has 1 saturated heterocycles. The summed E-state index contributed by atoms with van der Waals surface area (Å²) in [5, 5.41) is 6.21. The minimum absolute atomic E-state index is 0.162. The second-order valence-corrected chi connectivity index (χ2v) is 4.63. The van der Waals surface area contributed by atoms with Crippen LogP contribution in [0.2, 0.25) is 0 Å². The third kappa shape index (κ3) is 3.51. The number of benzene rings is 1. The van der Waals surface area contributed by atoms with Crippen LogP contribution in [0.1, 0.15) is 10.4 Å².